The molecule has 2 aromatic carbocycles. The molecule has 2 aliphatic heterocycles. The normalized spacial score (nSPS) is 19.1. The topological polar surface area (TPSA) is 54.8 Å². The van der Waals surface area contributed by atoms with E-state index in [-0.39, 0.29) is 23.3 Å². The van der Waals surface area contributed by atoms with Crippen LogP contribution in [0.2, 0.25) is 0 Å². The zero-order valence-corrected chi connectivity index (χ0v) is 20.0. The Kier molecular flexibility index (Phi) is 6.00. The molecule has 5 rings (SSSR count). The number of rotatable bonds is 5. The predicted molar refractivity (Wildman–Crippen MR) is 133 cm³/mol. The van der Waals surface area contributed by atoms with E-state index in [2.05, 4.69) is 17.0 Å². The summed E-state index contributed by atoms with van der Waals surface area (Å²) in [6.45, 7) is 2.75. The summed E-state index contributed by atoms with van der Waals surface area (Å²) in [7, 11) is 5.70. The minimum absolute atomic E-state index is 0.0439. The molecule has 0 radical (unpaired) electrons. The van der Waals surface area contributed by atoms with Gasteiger partial charge in [-0.15, -0.1) is 0 Å². The first-order valence-electron chi connectivity index (χ1n) is 11.8. The second-order valence-corrected chi connectivity index (χ2v) is 9.72. The minimum Gasteiger partial charge on any atom is -0.497 e. The molecule has 1 aromatic heterocycles. The monoisotopic (exact) mass is 457 g/mol. The Morgan fingerprint density at radius 2 is 1.74 bits per heavy atom. The zero-order valence-electron chi connectivity index (χ0n) is 20.0. The van der Waals surface area contributed by atoms with Gasteiger partial charge in [-0.05, 0) is 74.0 Å². The van der Waals surface area contributed by atoms with Crippen LogP contribution in [-0.4, -0.2) is 54.6 Å². The summed E-state index contributed by atoms with van der Waals surface area (Å²) in [5, 5.41) is 0. The second kappa shape index (κ2) is 9.11. The third-order valence-corrected chi connectivity index (χ3v) is 7.02. The highest BCUT2D eigenvalue weighted by Gasteiger charge is 2.37. The smallest absolute Gasteiger partial charge is 0.258 e. The van der Waals surface area contributed by atoms with Crippen molar-refractivity contribution in [2.24, 2.45) is 5.92 Å². The SMILES string of the molecule is COc1ccc(C(=O)N2C[C@@H]3C[C@H](C2)c2ccc(-c4ccccc4CN(C)C)c(=O)n2C3)cc1. The van der Waals surface area contributed by atoms with Crippen molar-refractivity contribution in [1.29, 1.82) is 0 Å². The molecule has 0 aliphatic carbocycles. The number of aromatic nitrogens is 1. The molecule has 3 aromatic rings. The van der Waals surface area contributed by atoms with E-state index >= 15 is 0 Å². The summed E-state index contributed by atoms with van der Waals surface area (Å²) in [6, 6.07) is 19.5. The van der Waals surface area contributed by atoms with Crippen molar-refractivity contribution < 1.29 is 9.53 Å². The average molecular weight is 458 g/mol. The number of nitrogens with zero attached hydrogens (tertiary/aromatic N) is 3. The zero-order chi connectivity index (χ0) is 23.8. The van der Waals surface area contributed by atoms with Gasteiger partial charge in [-0.2, -0.15) is 0 Å². The lowest BCUT2D eigenvalue weighted by Gasteiger charge is -2.43. The summed E-state index contributed by atoms with van der Waals surface area (Å²) in [6.07, 6.45) is 1.02. The number of carbonyl (C=O) groups is 1. The molecule has 0 unspecified atom stereocenters. The summed E-state index contributed by atoms with van der Waals surface area (Å²) in [4.78, 5) is 30.9. The van der Waals surface area contributed by atoms with Crippen molar-refractivity contribution in [2.75, 3.05) is 34.3 Å². The summed E-state index contributed by atoms with van der Waals surface area (Å²) in [5.41, 5.74) is 4.70. The minimum atomic E-state index is 0.0439. The average Bonchev–Trinajstić information content (AvgIpc) is 2.84. The van der Waals surface area contributed by atoms with Crippen LogP contribution < -0.4 is 10.3 Å². The van der Waals surface area contributed by atoms with Crippen molar-refractivity contribution >= 4 is 5.91 Å². The van der Waals surface area contributed by atoms with Gasteiger partial charge in [0.15, 0.2) is 0 Å². The van der Waals surface area contributed by atoms with Crippen LogP contribution >= 0.6 is 0 Å². The molecule has 6 nitrogen and oxygen atoms in total. The lowest BCUT2D eigenvalue weighted by atomic mass is 9.82. The maximum atomic E-state index is 13.6. The largest absolute Gasteiger partial charge is 0.497 e. The van der Waals surface area contributed by atoms with Crippen molar-refractivity contribution in [2.45, 2.75) is 25.4 Å². The first-order chi connectivity index (χ1) is 16.4. The first-order valence-corrected chi connectivity index (χ1v) is 11.8. The predicted octanol–water partition coefficient (Wildman–Crippen LogP) is 3.85. The molecule has 0 saturated carbocycles. The highest BCUT2D eigenvalue weighted by molar-refractivity contribution is 5.94. The molecule has 1 fully saturated rings. The molecule has 2 bridgehead atoms. The summed E-state index contributed by atoms with van der Waals surface area (Å²) < 4.78 is 7.18. The van der Waals surface area contributed by atoms with Crippen molar-refractivity contribution in [3.63, 3.8) is 0 Å². The quantitative estimate of drug-likeness (QED) is 0.584. The number of piperidine rings is 1. The molecular formula is C28H31N3O3. The van der Waals surface area contributed by atoms with Gasteiger partial charge in [0.1, 0.15) is 5.75 Å². The van der Waals surface area contributed by atoms with Crippen LogP contribution in [0, 0.1) is 5.92 Å². The molecule has 1 saturated heterocycles. The molecule has 3 heterocycles. The fourth-order valence-electron chi connectivity index (χ4n) is 5.49. The van der Waals surface area contributed by atoms with E-state index < -0.39 is 0 Å². The van der Waals surface area contributed by atoms with Gasteiger partial charge >= 0.3 is 0 Å². The van der Waals surface area contributed by atoms with Crippen molar-refractivity contribution in [3.8, 4) is 16.9 Å². The fraction of sp³-hybridized carbons (Fsp3) is 0.357. The van der Waals surface area contributed by atoms with E-state index in [9.17, 15) is 9.59 Å². The van der Waals surface area contributed by atoms with Crippen LogP contribution in [0.3, 0.4) is 0 Å². The number of benzene rings is 2. The molecule has 34 heavy (non-hydrogen) atoms. The Morgan fingerprint density at radius 3 is 2.47 bits per heavy atom. The van der Waals surface area contributed by atoms with Gasteiger partial charge in [0.05, 0.1) is 7.11 Å². The molecule has 176 valence electrons. The van der Waals surface area contributed by atoms with Gasteiger partial charge in [0.25, 0.3) is 11.5 Å². The second-order valence-electron chi connectivity index (χ2n) is 9.72. The number of likely N-dealkylation sites (tertiary alicyclic amines) is 1. The van der Waals surface area contributed by atoms with Gasteiger partial charge < -0.3 is 19.1 Å². The standard InChI is InChI=1S/C28H31N3O3/c1-29(2)17-21-6-4-5-7-24(21)25-12-13-26-22-14-19(16-31(26)28(25)33)15-30(18-22)27(32)20-8-10-23(34-3)11-9-20/h4-13,19,22H,14-18H2,1-3H3/t19-,22+/m0/s1. The number of amides is 1. The number of methoxy groups -OCH3 is 1. The summed E-state index contributed by atoms with van der Waals surface area (Å²) in [5.74, 6) is 1.23. The van der Waals surface area contributed by atoms with Crippen LogP contribution in [0.15, 0.2) is 65.5 Å². The third kappa shape index (κ3) is 4.14. The van der Waals surface area contributed by atoms with Gasteiger partial charge in [0.2, 0.25) is 0 Å². The van der Waals surface area contributed by atoms with E-state index in [0.29, 0.717) is 25.2 Å². The lowest BCUT2D eigenvalue weighted by Crippen LogP contribution is -2.49. The number of fused-ring (bicyclic) bond motifs is 4. The number of ether oxygens (including phenoxy) is 1. The Hall–Kier alpha value is -3.38. The molecule has 0 N–H and O–H groups in total. The van der Waals surface area contributed by atoms with Crippen LogP contribution in [0.1, 0.15) is 34.0 Å². The van der Waals surface area contributed by atoms with Crippen LogP contribution in [-0.2, 0) is 13.1 Å². The van der Waals surface area contributed by atoms with E-state index in [1.54, 1.807) is 7.11 Å². The van der Waals surface area contributed by atoms with Crippen LogP contribution in [0.5, 0.6) is 5.75 Å². The Labute approximate surface area is 200 Å². The molecule has 0 spiro atoms. The fourth-order valence-corrected chi connectivity index (χ4v) is 5.49. The van der Waals surface area contributed by atoms with Crippen LogP contribution in [0.25, 0.3) is 11.1 Å². The first kappa shape index (κ1) is 22.4. The highest BCUT2D eigenvalue weighted by atomic mass is 16.5. The van der Waals surface area contributed by atoms with Gasteiger partial charge in [-0.25, -0.2) is 0 Å². The van der Waals surface area contributed by atoms with Gasteiger partial charge in [0, 0.05) is 48.9 Å². The Bertz CT molecular complexity index is 1260. The number of hydrogen-bond acceptors (Lipinski definition) is 4. The molecular weight excluding hydrogens is 426 g/mol. The summed E-state index contributed by atoms with van der Waals surface area (Å²) >= 11 is 0. The molecule has 2 atom stereocenters. The molecule has 1 amide bonds. The Balaban J connectivity index is 1.43. The maximum absolute atomic E-state index is 13.6. The number of carbonyl (C=O) groups excluding carboxylic acids is 1. The van der Waals surface area contributed by atoms with Gasteiger partial charge in [-0.3, -0.25) is 9.59 Å². The van der Waals surface area contributed by atoms with E-state index in [1.165, 1.54) is 0 Å². The highest BCUT2D eigenvalue weighted by Crippen LogP contribution is 2.36. The molecule has 2 aliphatic rings. The number of pyridine rings is 1. The van der Waals surface area contributed by atoms with Gasteiger partial charge in [-0.1, -0.05) is 24.3 Å². The molecule has 6 heteroatoms. The third-order valence-electron chi connectivity index (χ3n) is 7.02. The Morgan fingerprint density at radius 1 is 0.971 bits per heavy atom. The van der Waals surface area contributed by atoms with E-state index in [1.807, 2.05) is 72.1 Å². The number of hydrogen-bond donors (Lipinski definition) is 0. The maximum Gasteiger partial charge on any atom is 0.258 e. The van der Waals surface area contributed by atoms with Crippen molar-refractivity contribution in [1.82, 2.24) is 14.4 Å². The lowest BCUT2D eigenvalue weighted by molar-refractivity contribution is 0.0594. The van der Waals surface area contributed by atoms with Crippen molar-refractivity contribution in [3.05, 3.63) is 87.8 Å². The van der Waals surface area contributed by atoms with E-state index in [0.717, 1.165) is 41.1 Å². The van der Waals surface area contributed by atoms with Crippen LogP contribution in [0.4, 0.5) is 0 Å². The van der Waals surface area contributed by atoms with E-state index in [4.69, 9.17) is 4.74 Å².